The Labute approximate surface area is 216 Å². The van der Waals surface area contributed by atoms with Gasteiger partial charge in [-0.3, -0.25) is 19.2 Å². The van der Waals surface area contributed by atoms with Gasteiger partial charge in [-0.05, 0) is 36.0 Å². The molecule has 37 heavy (non-hydrogen) atoms. The van der Waals surface area contributed by atoms with E-state index in [1.165, 1.54) is 12.1 Å². The third-order valence-corrected chi connectivity index (χ3v) is 5.93. The molecule has 0 aromatic heterocycles. The van der Waals surface area contributed by atoms with Crippen LogP contribution in [0.25, 0.3) is 0 Å². The number of carboxylic acid groups (broad SMARTS) is 1. The number of benzene rings is 1. The molecule has 1 aromatic carbocycles. The summed E-state index contributed by atoms with van der Waals surface area (Å²) >= 11 is 0. The number of carbonyl (C=O) groups is 5. The molecule has 12 heteroatoms. The van der Waals surface area contributed by atoms with E-state index < -0.39 is 60.2 Å². The van der Waals surface area contributed by atoms with Gasteiger partial charge in [0.05, 0.1) is 12.5 Å². The van der Waals surface area contributed by atoms with Crippen LogP contribution in [0.4, 0.5) is 0 Å². The van der Waals surface area contributed by atoms with Crippen molar-refractivity contribution in [2.75, 3.05) is 0 Å². The van der Waals surface area contributed by atoms with E-state index in [1.54, 1.807) is 32.9 Å². The van der Waals surface area contributed by atoms with Crippen molar-refractivity contribution >= 4 is 29.6 Å². The summed E-state index contributed by atoms with van der Waals surface area (Å²) in [5.41, 5.74) is 11.9. The smallest absolute Gasteiger partial charge is 0.326 e. The molecule has 1 aromatic rings. The molecular weight excluding hydrogens is 482 g/mol. The van der Waals surface area contributed by atoms with Crippen molar-refractivity contribution in [2.45, 2.75) is 77.5 Å². The summed E-state index contributed by atoms with van der Waals surface area (Å²) in [5, 5.41) is 26.3. The summed E-state index contributed by atoms with van der Waals surface area (Å²) in [5.74, 6) is -4.63. The van der Waals surface area contributed by atoms with Crippen LogP contribution in [0.3, 0.4) is 0 Å². The average Bonchev–Trinajstić information content (AvgIpc) is 2.82. The fraction of sp³-hybridized carbons (Fsp3) is 0.560. The Hall–Kier alpha value is -3.67. The van der Waals surface area contributed by atoms with Crippen LogP contribution in [-0.4, -0.2) is 64.0 Å². The second kappa shape index (κ2) is 14.8. The Bertz CT molecular complexity index is 951. The molecule has 0 bridgehead atoms. The minimum absolute atomic E-state index is 0.0128. The number of hydrogen-bond donors (Lipinski definition) is 7. The highest BCUT2D eigenvalue weighted by molar-refractivity contribution is 5.96. The van der Waals surface area contributed by atoms with Gasteiger partial charge in [0.25, 0.3) is 0 Å². The van der Waals surface area contributed by atoms with Gasteiger partial charge in [0.2, 0.25) is 23.6 Å². The Morgan fingerprint density at radius 1 is 0.865 bits per heavy atom. The lowest BCUT2D eigenvalue weighted by atomic mass is 9.98. The number of phenols is 1. The standard InChI is InChI=1S/C25H39N5O7/c1-5-14(4)21(27)24(35)29-17(11-15-6-8-16(31)9-7-15)22(33)28-18(12-20(26)32)23(34)30-19(25(36)37)10-13(2)3/h6-9,13-14,17-19,21,31H,5,10-12,27H2,1-4H3,(H2,26,32)(H,28,33)(H,29,35)(H,30,34)(H,36,37). The first-order chi connectivity index (χ1) is 17.2. The van der Waals surface area contributed by atoms with E-state index in [0.29, 0.717) is 12.0 Å². The molecule has 9 N–H and O–H groups in total. The summed E-state index contributed by atoms with van der Waals surface area (Å²) < 4.78 is 0. The van der Waals surface area contributed by atoms with Crippen molar-refractivity contribution in [1.29, 1.82) is 0 Å². The third-order valence-electron chi connectivity index (χ3n) is 5.93. The normalized spacial score (nSPS) is 15.1. The van der Waals surface area contributed by atoms with Gasteiger partial charge in [-0.2, -0.15) is 0 Å². The van der Waals surface area contributed by atoms with Gasteiger partial charge < -0.3 is 37.6 Å². The molecule has 4 amide bonds. The van der Waals surface area contributed by atoms with E-state index in [4.69, 9.17) is 11.5 Å². The number of aromatic hydroxyl groups is 1. The first-order valence-electron chi connectivity index (χ1n) is 12.2. The van der Waals surface area contributed by atoms with Gasteiger partial charge >= 0.3 is 5.97 Å². The van der Waals surface area contributed by atoms with Crippen LogP contribution < -0.4 is 27.4 Å². The zero-order valence-electron chi connectivity index (χ0n) is 21.7. The molecule has 0 fully saturated rings. The molecule has 0 aliphatic carbocycles. The fourth-order valence-electron chi connectivity index (χ4n) is 3.51. The zero-order chi connectivity index (χ0) is 28.3. The molecular formula is C25H39N5O7. The molecule has 12 nitrogen and oxygen atoms in total. The number of nitrogens with two attached hydrogens (primary N) is 2. The first-order valence-corrected chi connectivity index (χ1v) is 12.2. The van der Waals surface area contributed by atoms with Crippen molar-refractivity contribution in [3.8, 4) is 5.75 Å². The van der Waals surface area contributed by atoms with E-state index in [2.05, 4.69) is 16.0 Å². The van der Waals surface area contributed by atoms with Crippen LogP contribution in [0.1, 0.15) is 52.5 Å². The highest BCUT2D eigenvalue weighted by Crippen LogP contribution is 2.13. The Morgan fingerprint density at radius 3 is 1.86 bits per heavy atom. The molecule has 5 atom stereocenters. The highest BCUT2D eigenvalue weighted by Gasteiger charge is 2.32. The molecule has 0 radical (unpaired) electrons. The maximum Gasteiger partial charge on any atom is 0.326 e. The zero-order valence-corrected chi connectivity index (χ0v) is 21.7. The molecule has 1 rings (SSSR count). The first kappa shape index (κ1) is 31.4. The second-order valence-corrected chi connectivity index (χ2v) is 9.60. The number of carboxylic acids is 1. The lowest BCUT2D eigenvalue weighted by molar-refractivity contribution is -0.143. The van der Waals surface area contributed by atoms with Gasteiger partial charge in [-0.25, -0.2) is 4.79 Å². The second-order valence-electron chi connectivity index (χ2n) is 9.60. The maximum atomic E-state index is 13.2. The van der Waals surface area contributed by atoms with Crippen LogP contribution in [0.15, 0.2) is 24.3 Å². The summed E-state index contributed by atoms with van der Waals surface area (Å²) in [6.07, 6.45) is 0.162. The van der Waals surface area contributed by atoms with Crippen LogP contribution >= 0.6 is 0 Å². The molecule has 0 aliphatic rings. The number of amides is 4. The van der Waals surface area contributed by atoms with Gasteiger partial charge in [0.1, 0.15) is 23.9 Å². The number of aliphatic carboxylic acids is 1. The SMILES string of the molecule is CCC(C)C(N)C(=O)NC(Cc1ccc(O)cc1)C(=O)NC(CC(N)=O)C(=O)NC(CC(C)C)C(=O)O. The highest BCUT2D eigenvalue weighted by atomic mass is 16.4. The van der Waals surface area contributed by atoms with E-state index in [1.807, 2.05) is 6.92 Å². The van der Waals surface area contributed by atoms with Crippen LogP contribution in [-0.2, 0) is 30.4 Å². The minimum atomic E-state index is -1.47. The Kier molecular flexibility index (Phi) is 12.5. The summed E-state index contributed by atoms with van der Waals surface area (Å²) in [7, 11) is 0. The number of carbonyl (C=O) groups excluding carboxylic acids is 4. The number of primary amides is 1. The molecule has 0 heterocycles. The lowest BCUT2D eigenvalue weighted by Crippen LogP contribution is -2.58. The molecule has 0 saturated carbocycles. The third kappa shape index (κ3) is 10.9. The predicted octanol–water partition coefficient (Wildman–Crippen LogP) is -0.231. The van der Waals surface area contributed by atoms with Gasteiger partial charge in [0, 0.05) is 6.42 Å². The Morgan fingerprint density at radius 2 is 1.38 bits per heavy atom. The van der Waals surface area contributed by atoms with Crippen molar-refractivity contribution in [3.63, 3.8) is 0 Å². The lowest BCUT2D eigenvalue weighted by Gasteiger charge is -2.26. The van der Waals surface area contributed by atoms with Crippen LogP contribution in [0.2, 0.25) is 0 Å². The fourth-order valence-corrected chi connectivity index (χ4v) is 3.51. The number of rotatable bonds is 15. The van der Waals surface area contributed by atoms with Gasteiger partial charge in [-0.15, -0.1) is 0 Å². The molecule has 206 valence electrons. The van der Waals surface area contributed by atoms with Crippen molar-refractivity contribution in [3.05, 3.63) is 29.8 Å². The predicted molar refractivity (Wildman–Crippen MR) is 136 cm³/mol. The van der Waals surface area contributed by atoms with E-state index >= 15 is 0 Å². The van der Waals surface area contributed by atoms with Crippen LogP contribution in [0.5, 0.6) is 5.75 Å². The maximum absolute atomic E-state index is 13.2. The van der Waals surface area contributed by atoms with E-state index in [0.717, 1.165) is 0 Å². The summed E-state index contributed by atoms with van der Waals surface area (Å²) in [6.45, 7) is 7.23. The Balaban J connectivity index is 3.17. The van der Waals surface area contributed by atoms with Crippen LogP contribution in [0, 0.1) is 11.8 Å². The van der Waals surface area contributed by atoms with Gasteiger partial charge in [0.15, 0.2) is 0 Å². The molecule has 0 spiro atoms. The molecule has 0 saturated heterocycles. The minimum Gasteiger partial charge on any atom is -0.508 e. The molecule has 5 unspecified atom stereocenters. The number of nitrogens with one attached hydrogen (secondary N) is 3. The average molecular weight is 522 g/mol. The van der Waals surface area contributed by atoms with E-state index in [9.17, 15) is 34.2 Å². The molecule has 0 aliphatic heterocycles. The monoisotopic (exact) mass is 521 g/mol. The quantitative estimate of drug-likeness (QED) is 0.163. The van der Waals surface area contributed by atoms with Crippen molar-refractivity contribution in [2.24, 2.45) is 23.3 Å². The van der Waals surface area contributed by atoms with Crippen molar-refractivity contribution < 1.29 is 34.2 Å². The summed E-state index contributed by atoms with van der Waals surface area (Å²) in [6, 6.07) is 1.17. The van der Waals surface area contributed by atoms with Crippen molar-refractivity contribution in [1.82, 2.24) is 16.0 Å². The number of phenolic OH excluding ortho intramolecular Hbond substituents is 1. The largest absolute Gasteiger partial charge is 0.508 e. The van der Waals surface area contributed by atoms with Gasteiger partial charge in [-0.1, -0.05) is 46.2 Å². The summed E-state index contributed by atoms with van der Waals surface area (Å²) in [4.78, 5) is 62.0. The van der Waals surface area contributed by atoms with E-state index in [-0.39, 0.29) is 30.4 Å². The number of hydrogen-bond acceptors (Lipinski definition) is 7. The topological polar surface area (TPSA) is 214 Å².